The van der Waals surface area contributed by atoms with E-state index in [2.05, 4.69) is 20.8 Å². The van der Waals surface area contributed by atoms with Crippen LogP contribution in [0.3, 0.4) is 0 Å². The van der Waals surface area contributed by atoms with Crippen LogP contribution in [0.2, 0.25) is 0 Å². The van der Waals surface area contributed by atoms with Crippen molar-refractivity contribution < 1.29 is 22.8 Å². The first-order valence-corrected chi connectivity index (χ1v) is 8.97. The lowest BCUT2D eigenvalue weighted by atomic mass is 10.1. The zero-order valence-electron chi connectivity index (χ0n) is 15.6. The second-order valence-electron chi connectivity index (χ2n) is 6.75. The van der Waals surface area contributed by atoms with Crippen LogP contribution in [0.4, 0.5) is 24.5 Å². The molecule has 0 saturated carbocycles. The Morgan fingerprint density at radius 1 is 1.13 bits per heavy atom. The molecule has 4 rings (SSSR count). The van der Waals surface area contributed by atoms with Crippen molar-refractivity contribution in [1.82, 2.24) is 20.2 Å². The number of halogens is 3. The van der Waals surface area contributed by atoms with E-state index in [1.807, 2.05) is 0 Å². The molecule has 1 N–H and O–H groups in total. The van der Waals surface area contributed by atoms with Crippen LogP contribution >= 0.6 is 0 Å². The topological polar surface area (TPSA) is 93.0 Å². The minimum absolute atomic E-state index is 0.0323. The van der Waals surface area contributed by atoms with Gasteiger partial charge in [-0.3, -0.25) is 9.59 Å². The average molecular weight is 416 g/mol. The number of benzene rings is 2. The van der Waals surface area contributed by atoms with Crippen molar-refractivity contribution in [3.05, 3.63) is 59.7 Å². The van der Waals surface area contributed by atoms with Gasteiger partial charge in [0.05, 0.1) is 0 Å². The molecule has 0 bridgehead atoms. The summed E-state index contributed by atoms with van der Waals surface area (Å²) < 4.78 is 42.3. The summed E-state index contributed by atoms with van der Waals surface area (Å²) in [6, 6.07) is 6.59. The molecule has 0 radical (unpaired) electrons. The smallest absolute Gasteiger partial charge is 0.239 e. The molecule has 1 saturated heterocycles. The molecule has 0 spiro atoms. The van der Waals surface area contributed by atoms with Gasteiger partial charge in [0.25, 0.3) is 0 Å². The normalized spacial score (nSPS) is 16.2. The number of carbonyl (C=O) groups is 2. The van der Waals surface area contributed by atoms with Gasteiger partial charge in [-0.15, -0.1) is 5.10 Å². The van der Waals surface area contributed by atoms with Crippen molar-refractivity contribution in [1.29, 1.82) is 0 Å². The highest BCUT2D eigenvalue weighted by atomic mass is 19.1. The second kappa shape index (κ2) is 7.58. The fourth-order valence-electron chi connectivity index (χ4n) is 3.31. The zero-order chi connectivity index (χ0) is 21.4. The minimum atomic E-state index is -1.04. The fourth-order valence-corrected chi connectivity index (χ4v) is 3.31. The van der Waals surface area contributed by atoms with Crippen LogP contribution in [-0.2, 0) is 9.59 Å². The minimum Gasteiger partial charge on any atom is -0.325 e. The number of aryl methyl sites for hydroxylation is 1. The first-order valence-electron chi connectivity index (χ1n) is 8.97. The maximum absolute atomic E-state index is 14.2. The predicted molar refractivity (Wildman–Crippen MR) is 99.3 cm³/mol. The summed E-state index contributed by atoms with van der Waals surface area (Å²) in [4.78, 5) is 26.4. The van der Waals surface area contributed by atoms with Gasteiger partial charge in [0.15, 0.2) is 5.82 Å². The van der Waals surface area contributed by atoms with E-state index in [4.69, 9.17) is 0 Å². The van der Waals surface area contributed by atoms with Crippen LogP contribution in [0.5, 0.6) is 0 Å². The van der Waals surface area contributed by atoms with Crippen LogP contribution in [0.25, 0.3) is 5.69 Å². The maximum atomic E-state index is 14.2. The van der Waals surface area contributed by atoms with Gasteiger partial charge in [0, 0.05) is 24.0 Å². The molecule has 2 amide bonds. The third-order valence-electron chi connectivity index (χ3n) is 4.75. The predicted octanol–water partition coefficient (Wildman–Crippen LogP) is 2.38. The summed E-state index contributed by atoms with van der Waals surface area (Å²) in [7, 11) is 0. The van der Waals surface area contributed by atoms with E-state index in [1.54, 1.807) is 6.92 Å². The Bertz CT molecular complexity index is 1130. The summed E-state index contributed by atoms with van der Waals surface area (Å²) in [5, 5.41) is 13.4. The van der Waals surface area contributed by atoms with Crippen molar-refractivity contribution >= 4 is 23.2 Å². The lowest BCUT2D eigenvalue weighted by Crippen LogP contribution is -2.33. The Hall–Kier alpha value is -3.76. The van der Waals surface area contributed by atoms with Crippen LogP contribution in [0.1, 0.15) is 12.2 Å². The Kier molecular flexibility index (Phi) is 4.94. The number of nitrogens with one attached hydrogen (secondary N) is 1. The largest absolute Gasteiger partial charge is 0.325 e. The number of anilines is 2. The number of nitrogens with zero attached hydrogens (tertiary/aromatic N) is 5. The van der Waals surface area contributed by atoms with Crippen molar-refractivity contribution in [2.75, 3.05) is 16.8 Å². The standard InChI is InChI=1S/C19H15F3N6O2/c1-10-24-25-26-28(10)17-9-13(2-3-16(17)22)23-18(29)15-4-5-27(19(15)30)14-7-11(20)6-12(21)8-14/h2-3,6-9,15H,4-5H2,1H3,(H,23,29). The van der Waals surface area contributed by atoms with Gasteiger partial charge >= 0.3 is 0 Å². The number of carbonyl (C=O) groups excluding carboxylic acids is 2. The molecule has 1 fully saturated rings. The Morgan fingerprint density at radius 3 is 2.53 bits per heavy atom. The molecule has 1 aliphatic rings. The fraction of sp³-hybridized carbons (Fsp3) is 0.211. The van der Waals surface area contributed by atoms with E-state index >= 15 is 0 Å². The highest BCUT2D eigenvalue weighted by Crippen LogP contribution is 2.28. The molecule has 1 atom stereocenters. The highest BCUT2D eigenvalue weighted by molar-refractivity contribution is 6.13. The Labute approximate surface area is 168 Å². The Balaban J connectivity index is 1.52. The molecule has 0 aliphatic carbocycles. The monoisotopic (exact) mass is 416 g/mol. The number of tetrazole rings is 1. The van der Waals surface area contributed by atoms with E-state index in [-0.39, 0.29) is 30.0 Å². The molecule has 1 aliphatic heterocycles. The molecule has 3 aromatic rings. The molecule has 1 aromatic heterocycles. The maximum Gasteiger partial charge on any atom is 0.239 e. The molecule has 11 heteroatoms. The van der Waals surface area contributed by atoms with Gasteiger partial charge in [-0.1, -0.05) is 0 Å². The quantitative estimate of drug-likeness (QED) is 0.660. The van der Waals surface area contributed by atoms with Crippen LogP contribution in [0.15, 0.2) is 36.4 Å². The van der Waals surface area contributed by atoms with E-state index in [0.717, 1.165) is 23.1 Å². The van der Waals surface area contributed by atoms with Crippen LogP contribution in [0, 0.1) is 30.3 Å². The van der Waals surface area contributed by atoms with E-state index in [9.17, 15) is 22.8 Å². The summed E-state index contributed by atoms with van der Waals surface area (Å²) in [5.41, 5.74) is 0.324. The van der Waals surface area contributed by atoms with Crippen LogP contribution in [-0.4, -0.2) is 38.6 Å². The summed E-state index contributed by atoms with van der Waals surface area (Å²) in [6.45, 7) is 1.73. The van der Waals surface area contributed by atoms with Crippen molar-refractivity contribution in [2.24, 2.45) is 5.92 Å². The van der Waals surface area contributed by atoms with Crippen molar-refractivity contribution in [3.63, 3.8) is 0 Å². The summed E-state index contributed by atoms with van der Waals surface area (Å²) in [6.07, 6.45) is 0.170. The molecular formula is C19H15F3N6O2. The molecule has 1 unspecified atom stereocenters. The number of hydrogen-bond donors (Lipinski definition) is 1. The lowest BCUT2D eigenvalue weighted by Gasteiger charge is -2.17. The first-order chi connectivity index (χ1) is 14.3. The molecular weight excluding hydrogens is 401 g/mol. The van der Waals surface area contributed by atoms with Crippen LogP contribution < -0.4 is 10.2 Å². The van der Waals surface area contributed by atoms with Gasteiger partial charge in [0.1, 0.15) is 29.1 Å². The molecule has 8 nitrogen and oxygen atoms in total. The number of amides is 2. The van der Waals surface area contributed by atoms with Gasteiger partial charge in [-0.05, 0) is 54.1 Å². The molecule has 2 heterocycles. The van der Waals surface area contributed by atoms with Gasteiger partial charge in [-0.25, -0.2) is 13.2 Å². The van der Waals surface area contributed by atoms with Crippen molar-refractivity contribution in [2.45, 2.75) is 13.3 Å². The zero-order valence-corrected chi connectivity index (χ0v) is 15.6. The Morgan fingerprint density at radius 2 is 1.87 bits per heavy atom. The third-order valence-corrected chi connectivity index (χ3v) is 4.75. The number of rotatable bonds is 4. The summed E-state index contributed by atoms with van der Waals surface area (Å²) in [5.74, 6) is -4.10. The first kappa shape index (κ1) is 19.6. The third kappa shape index (κ3) is 3.61. The SMILES string of the molecule is Cc1nnnn1-c1cc(NC(=O)C2CCN(c3cc(F)cc(F)c3)C2=O)ccc1F. The lowest BCUT2D eigenvalue weighted by molar-refractivity contribution is -0.129. The van der Waals surface area contributed by atoms with E-state index < -0.39 is 35.2 Å². The van der Waals surface area contributed by atoms with E-state index in [0.29, 0.717) is 11.9 Å². The highest BCUT2D eigenvalue weighted by Gasteiger charge is 2.38. The van der Waals surface area contributed by atoms with Gasteiger partial charge in [0.2, 0.25) is 11.8 Å². The number of aromatic nitrogens is 4. The molecule has 30 heavy (non-hydrogen) atoms. The number of hydrogen-bond acceptors (Lipinski definition) is 5. The molecule has 154 valence electrons. The summed E-state index contributed by atoms with van der Waals surface area (Å²) >= 11 is 0. The second-order valence-corrected chi connectivity index (χ2v) is 6.75. The average Bonchev–Trinajstić information content (AvgIpc) is 3.28. The van der Waals surface area contributed by atoms with Gasteiger partial charge < -0.3 is 10.2 Å². The van der Waals surface area contributed by atoms with E-state index in [1.165, 1.54) is 16.8 Å². The van der Waals surface area contributed by atoms with Gasteiger partial charge in [-0.2, -0.15) is 4.68 Å². The van der Waals surface area contributed by atoms with Crippen molar-refractivity contribution in [3.8, 4) is 5.69 Å². The molecule has 2 aromatic carbocycles.